The van der Waals surface area contributed by atoms with Gasteiger partial charge in [0.25, 0.3) is 0 Å². The van der Waals surface area contributed by atoms with Crippen LogP contribution in [0, 0.1) is 0 Å². The molecule has 1 N–H and O–H groups in total. The van der Waals surface area contributed by atoms with Gasteiger partial charge in [0.05, 0.1) is 6.10 Å². The van der Waals surface area contributed by atoms with Crippen LogP contribution in [0.25, 0.3) is 0 Å². The smallest absolute Gasteiger partial charge is 0.338 e. The Morgan fingerprint density at radius 1 is 1.75 bits per heavy atom. The maximum atomic E-state index is 10.9. The first-order valence-electron chi connectivity index (χ1n) is 5.19. The van der Waals surface area contributed by atoms with E-state index in [1.807, 2.05) is 13.0 Å². The van der Waals surface area contributed by atoms with Gasteiger partial charge in [-0.1, -0.05) is 18.7 Å². The fourth-order valence-corrected chi connectivity index (χ4v) is 1.68. The van der Waals surface area contributed by atoms with Crippen LogP contribution in [0.2, 0.25) is 0 Å². The number of rotatable bonds is 6. The van der Waals surface area contributed by atoms with Crippen molar-refractivity contribution in [3.05, 3.63) is 24.3 Å². The lowest BCUT2D eigenvalue weighted by atomic mass is 9.99. The number of hydrogen-bond acceptors (Lipinski definition) is 3. The average molecular weight is 226 g/mol. The SMILES string of the molecule is C=C/C=C(\C)C(C[C@@H]1O[C@@]1(C)C(=O)O)OC. The van der Waals surface area contributed by atoms with Gasteiger partial charge in [-0.05, 0) is 19.4 Å². The molecule has 4 nitrogen and oxygen atoms in total. The molecule has 90 valence electrons. The van der Waals surface area contributed by atoms with Gasteiger partial charge >= 0.3 is 5.97 Å². The highest BCUT2D eigenvalue weighted by atomic mass is 16.6. The molecule has 0 amide bonds. The standard InChI is InChI=1S/C12H18O4/c1-5-6-8(2)9(15-4)7-10-12(3,16-10)11(13)14/h5-6,9-10H,1,7H2,2-4H3,(H,13,14)/b8-6+/t9?,10-,12+/m0/s1. The van der Waals surface area contributed by atoms with Gasteiger partial charge in [-0.2, -0.15) is 0 Å². The average Bonchev–Trinajstić information content (AvgIpc) is 2.88. The Labute approximate surface area is 95.6 Å². The second-order valence-electron chi connectivity index (χ2n) is 4.13. The van der Waals surface area contributed by atoms with Gasteiger partial charge in [-0.3, -0.25) is 0 Å². The molecule has 1 unspecified atom stereocenters. The van der Waals surface area contributed by atoms with Crippen molar-refractivity contribution in [3.8, 4) is 0 Å². The summed E-state index contributed by atoms with van der Waals surface area (Å²) in [5, 5.41) is 8.91. The highest BCUT2D eigenvalue weighted by molar-refractivity contribution is 5.80. The van der Waals surface area contributed by atoms with E-state index in [2.05, 4.69) is 6.58 Å². The van der Waals surface area contributed by atoms with E-state index in [4.69, 9.17) is 14.6 Å². The van der Waals surface area contributed by atoms with Crippen molar-refractivity contribution in [2.24, 2.45) is 0 Å². The number of epoxide rings is 1. The quantitative estimate of drug-likeness (QED) is 0.554. The molecule has 0 aromatic carbocycles. The molecule has 1 heterocycles. The minimum Gasteiger partial charge on any atom is -0.479 e. The van der Waals surface area contributed by atoms with Crippen LogP contribution in [0.15, 0.2) is 24.3 Å². The summed E-state index contributed by atoms with van der Waals surface area (Å²) < 4.78 is 10.5. The summed E-state index contributed by atoms with van der Waals surface area (Å²) in [6.45, 7) is 7.12. The van der Waals surface area contributed by atoms with Crippen LogP contribution in [0.1, 0.15) is 20.3 Å². The van der Waals surface area contributed by atoms with Gasteiger partial charge in [0.2, 0.25) is 0 Å². The molecule has 4 heteroatoms. The largest absolute Gasteiger partial charge is 0.479 e. The number of allylic oxidation sites excluding steroid dienone is 2. The van der Waals surface area contributed by atoms with Gasteiger partial charge in [0, 0.05) is 13.5 Å². The molecule has 0 aromatic rings. The zero-order chi connectivity index (χ0) is 12.3. The summed E-state index contributed by atoms with van der Waals surface area (Å²) in [5.74, 6) is -0.919. The van der Waals surface area contributed by atoms with Gasteiger partial charge in [-0.25, -0.2) is 4.79 Å². The van der Waals surface area contributed by atoms with Crippen LogP contribution in [-0.4, -0.2) is 36.0 Å². The summed E-state index contributed by atoms with van der Waals surface area (Å²) in [7, 11) is 1.60. The van der Waals surface area contributed by atoms with Crippen LogP contribution < -0.4 is 0 Å². The van der Waals surface area contributed by atoms with Gasteiger partial charge in [0.1, 0.15) is 6.10 Å². The zero-order valence-electron chi connectivity index (χ0n) is 9.90. The highest BCUT2D eigenvalue weighted by Gasteiger charge is 2.59. The van der Waals surface area contributed by atoms with Crippen molar-refractivity contribution in [1.82, 2.24) is 0 Å². The molecule has 16 heavy (non-hydrogen) atoms. The van der Waals surface area contributed by atoms with Crippen LogP contribution in [0.4, 0.5) is 0 Å². The Bertz CT molecular complexity index is 321. The number of hydrogen-bond donors (Lipinski definition) is 1. The molecule has 1 saturated heterocycles. The zero-order valence-corrected chi connectivity index (χ0v) is 9.90. The van der Waals surface area contributed by atoms with Crippen molar-refractivity contribution < 1.29 is 19.4 Å². The molecule has 1 fully saturated rings. The Hall–Kier alpha value is -1.13. The lowest BCUT2D eigenvalue weighted by Crippen LogP contribution is -2.25. The topological polar surface area (TPSA) is 59.1 Å². The summed E-state index contributed by atoms with van der Waals surface area (Å²) >= 11 is 0. The first kappa shape index (κ1) is 12.9. The summed E-state index contributed by atoms with van der Waals surface area (Å²) in [5.41, 5.74) is -0.0219. The Balaban J connectivity index is 2.58. The highest BCUT2D eigenvalue weighted by Crippen LogP contribution is 2.40. The van der Waals surface area contributed by atoms with Crippen molar-refractivity contribution in [2.45, 2.75) is 38.1 Å². The predicted molar refractivity (Wildman–Crippen MR) is 60.3 cm³/mol. The number of methoxy groups -OCH3 is 1. The minimum atomic E-state index is -1.04. The van der Waals surface area contributed by atoms with Gasteiger partial charge in [0.15, 0.2) is 5.60 Å². The lowest BCUT2D eigenvalue weighted by Gasteiger charge is -2.14. The number of ether oxygens (including phenoxy) is 2. The molecule has 0 spiro atoms. The van der Waals surface area contributed by atoms with Crippen molar-refractivity contribution in [1.29, 1.82) is 0 Å². The maximum absolute atomic E-state index is 10.9. The number of carboxylic acids is 1. The normalized spacial score (nSPS) is 30.9. The maximum Gasteiger partial charge on any atom is 0.338 e. The van der Waals surface area contributed by atoms with E-state index < -0.39 is 11.6 Å². The summed E-state index contributed by atoms with van der Waals surface area (Å²) in [6, 6.07) is 0. The number of aliphatic carboxylic acids is 1. The molecule has 0 bridgehead atoms. The van der Waals surface area contributed by atoms with Crippen LogP contribution in [0.5, 0.6) is 0 Å². The molecular formula is C12H18O4. The summed E-state index contributed by atoms with van der Waals surface area (Å²) in [4.78, 5) is 10.9. The fraction of sp³-hybridized carbons (Fsp3) is 0.583. The molecule has 1 aliphatic rings. The van der Waals surface area contributed by atoms with Crippen LogP contribution >= 0.6 is 0 Å². The van der Waals surface area contributed by atoms with Crippen molar-refractivity contribution >= 4 is 5.97 Å². The van der Waals surface area contributed by atoms with E-state index in [-0.39, 0.29) is 12.2 Å². The molecule has 0 radical (unpaired) electrons. The Morgan fingerprint density at radius 2 is 2.38 bits per heavy atom. The Kier molecular flexibility index (Phi) is 3.88. The second kappa shape index (κ2) is 4.80. The first-order chi connectivity index (χ1) is 7.45. The minimum absolute atomic E-state index is 0.121. The molecule has 3 atom stereocenters. The van der Waals surface area contributed by atoms with Crippen molar-refractivity contribution in [3.63, 3.8) is 0 Å². The summed E-state index contributed by atoms with van der Waals surface area (Å²) in [6.07, 6.45) is 3.70. The van der Waals surface area contributed by atoms with Crippen LogP contribution in [0.3, 0.4) is 0 Å². The van der Waals surface area contributed by atoms with Crippen LogP contribution in [-0.2, 0) is 14.3 Å². The van der Waals surface area contributed by atoms with E-state index in [0.29, 0.717) is 6.42 Å². The molecule has 1 rings (SSSR count). The van der Waals surface area contributed by atoms with Crippen molar-refractivity contribution in [2.75, 3.05) is 7.11 Å². The first-order valence-corrected chi connectivity index (χ1v) is 5.19. The van der Waals surface area contributed by atoms with E-state index in [1.165, 1.54) is 0 Å². The van der Waals surface area contributed by atoms with E-state index >= 15 is 0 Å². The molecular weight excluding hydrogens is 208 g/mol. The second-order valence-corrected chi connectivity index (χ2v) is 4.13. The third-order valence-electron chi connectivity index (χ3n) is 2.97. The lowest BCUT2D eigenvalue weighted by molar-refractivity contribution is -0.142. The molecule has 0 aromatic heterocycles. The Morgan fingerprint density at radius 3 is 2.75 bits per heavy atom. The van der Waals surface area contributed by atoms with E-state index in [1.54, 1.807) is 20.1 Å². The fourth-order valence-electron chi connectivity index (χ4n) is 1.68. The monoisotopic (exact) mass is 226 g/mol. The van der Waals surface area contributed by atoms with E-state index in [9.17, 15) is 4.79 Å². The van der Waals surface area contributed by atoms with Gasteiger partial charge < -0.3 is 14.6 Å². The molecule has 0 saturated carbocycles. The molecule has 1 aliphatic heterocycles. The number of carboxylic acid groups (broad SMARTS) is 1. The van der Waals surface area contributed by atoms with Gasteiger partial charge in [-0.15, -0.1) is 0 Å². The molecule has 0 aliphatic carbocycles. The predicted octanol–water partition coefficient (Wildman–Crippen LogP) is 1.77. The third kappa shape index (κ3) is 2.51. The van der Waals surface area contributed by atoms with E-state index in [0.717, 1.165) is 5.57 Å². The number of carbonyl (C=O) groups is 1. The third-order valence-corrected chi connectivity index (χ3v) is 2.97.